The van der Waals surface area contributed by atoms with Crippen LogP contribution in [0.5, 0.6) is 0 Å². The number of benzene rings is 1. The first-order valence-electron chi connectivity index (χ1n) is 7.95. The van der Waals surface area contributed by atoms with Crippen LogP contribution in [-0.2, 0) is 9.53 Å². The Labute approximate surface area is 141 Å². The number of hydroxylamine groups is 1. The highest BCUT2D eigenvalue weighted by atomic mass is 16.5. The number of hydrogen-bond donors (Lipinski definition) is 3. The second-order valence-corrected chi connectivity index (χ2v) is 5.80. The van der Waals surface area contributed by atoms with Crippen LogP contribution in [0.25, 0.3) is 0 Å². The predicted molar refractivity (Wildman–Crippen MR) is 88.3 cm³/mol. The molecule has 0 spiro atoms. The van der Waals surface area contributed by atoms with Gasteiger partial charge < -0.3 is 10.1 Å². The van der Waals surface area contributed by atoms with Gasteiger partial charge in [0.05, 0.1) is 0 Å². The van der Waals surface area contributed by atoms with E-state index in [1.165, 1.54) is 0 Å². The van der Waals surface area contributed by atoms with Crippen molar-refractivity contribution in [2.24, 2.45) is 11.8 Å². The van der Waals surface area contributed by atoms with Gasteiger partial charge in [-0.25, -0.2) is 5.48 Å². The number of ether oxygens (including phenoxy) is 1. The summed E-state index contributed by atoms with van der Waals surface area (Å²) in [5, 5.41) is 11.6. The van der Waals surface area contributed by atoms with Gasteiger partial charge in [0, 0.05) is 30.7 Å². The summed E-state index contributed by atoms with van der Waals surface area (Å²) in [6.45, 7) is 0.790. The smallest absolute Gasteiger partial charge is 0.251 e. The first-order chi connectivity index (χ1) is 11.7. The molecule has 1 aliphatic rings. The Hall–Kier alpha value is -2.36. The molecular weight excluding hydrogens is 308 g/mol. The molecule has 0 radical (unpaired) electrons. The van der Waals surface area contributed by atoms with Crippen molar-refractivity contribution in [3.05, 3.63) is 35.4 Å². The summed E-state index contributed by atoms with van der Waals surface area (Å²) in [6.07, 6.45) is 2.53. The van der Waals surface area contributed by atoms with E-state index in [4.69, 9.17) is 9.94 Å². The third-order valence-corrected chi connectivity index (χ3v) is 4.23. The van der Waals surface area contributed by atoms with E-state index < -0.39 is 0 Å². The third-order valence-electron chi connectivity index (χ3n) is 4.23. The zero-order valence-electron chi connectivity index (χ0n) is 13.7. The van der Waals surface area contributed by atoms with Crippen LogP contribution in [0, 0.1) is 23.7 Å². The SMILES string of the molecule is COCC#Cc1ccc(C(=O)NC[C@@H]2CCC[C@H]2C(=O)NO)cc1. The first kappa shape index (κ1) is 18.0. The van der Waals surface area contributed by atoms with Gasteiger partial charge in [-0.15, -0.1) is 0 Å². The molecule has 6 heteroatoms. The second kappa shape index (κ2) is 9.06. The fourth-order valence-electron chi connectivity index (χ4n) is 2.95. The van der Waals surface area contributed by atoms with Gasteiger partial charge in [0.1, 0.15) is 6.61 Å². The van der Waals surface area contributed by atoms with Crippen LogP contribution in [0.1, 0.15) is 35.2 Å². The zero-order chi connectivity index (χ0) is 17.4. The van der Waals surface area contributed by atoms with Crippen molar-refractivity contribution in [3.8, 4) is 11.8 Å². The molecule has 0 unspecified atom stereocenters. The normalized spacial score (nSPS) is 19.2. The summed E-state index contributed by atoms with van der Waals surface area (Å²) in [5.74, 6) is 5.06. The lowest BCUT2D eigenvalue weighted by atomic mass is 9.95. The van der Waals surface area contributed by atoms with Crippen molar-refractivity contribution in [2.75, 3.05) is 20.3 Å². The summed E-state index contributed by atoms with van der Waals surface area (Å²) < 4.78 is 4.86. The van der Waals surface area contributed by atoms with Gasteiger partial charge in [0.15, 0.2) is 0 Å². The minimum atomic E-state index is -0.370. The summed E-state index contributed by atoms with van der Waals surface area (Å²) >= 11 is 0. The topological polar surface area (TPSA) is 87.7 Å². The Bertz CT molecular complexity index is 631. The number of nitrogens with one attached hydrogen (secondary N) is 2. The fourth-order valence-corrected chi connectivity index (χ4v) is 2.95. The van der Waals surface area contributed by atoms with E-state index in [1.54, 1.807) is 36.9 Å². The number of methoxy groups -OCH3 is 1. The monoisotopic (exact) mass is 330 g/mol. The minimum absolute atomic E-state index is 0.0558. The highest BCUT2D eigenvalue weighted by Crippen LogP contribution is 2.31. The number of amides is 2. The molecule has 1 aromatic carbocycles. The highest BCUT2D eigenvalue weighted by Gasteiger charge is 2.32. The van der Waals surface area contributed by atoms with Crippen molar-refractivity contribution in [3.63, 3.8) is 0 Å². The van der Waals surface area contributed by atoms with E-state index in [0.29, 0.717) is 18.7 Å². The van der Waals surface area contributed by atoms with Gasteiger partial charge in [-0.1, -0.05) is 18.3 Å². The van der Waals surface area contributed by atoms with Crippen molar-refractivity contribution in [1.82, 2.24) is 10.8 Å². The average molecular weight is 330 g/mol. The lowest BCUT2D eigenvalue weighted by Gasteiger charge is -2.18. The molecule has 0 aliphatic heterocycles. The van der Waals surface area contributed by atoms with E-state index in [2.05, 4.69) is 17.2 Å². The lowest BCUT2D eigenvalue weighted by molar-refractivity contribution is -0.134. The van der Waals surface area contributed by atoms with Crippen molar-refractivity contribution < 1.29 is 19.5 Å². The van der Waals surface area contributed by atoms with Gasteiger partial charge in [0.25, 0.3) is 5.91 Å². The molecule has 24 heavy (non-hydrogen) atoms. The maximum Gasteiger partial charge on any atom is 0.251 e. The van der Waals surface area contributed by atoms with Crippen molar-refractivity contribution in [1.29, 1.82) is 0 Å². The van der Waals surface area contributed by atoms with Crippen molar-refractivity contribution in [2.45, 2.75) is 19.3 Å². The molecule has 3 N–H and O–H groups in total. The van der Waals surface area contributed by atoms with E-state index >= 15 is 0 Å². The number of hydrogen-bond acceptors (Lipinski definition) is 4. The summed E-state index contributed by atoms with van der Waals surface area (Å²) in [5.41, 5.74) is 3.08. The molecule has 1 aliphatic carbocycles. The molecule has 6 nitrogen and oxygen atoms in total. The summed E-state index contributed by atoms with van der Waals surface area (Å²) in [6, 6.07) is 7.02. The maximum atomic E-state index is 12.2. The second-order valence-electron chi connectivity index (χ2n) is 5.80. The Morgan fingerprint density at radius 3 is 2.71 bits per heavy atom. The van der Waals surface area contributed by atoms with E-state index in [-0.39, 0.29) is 23.7 Å². The number of carbonyl (C=O) groups is 2. The quantitative estimate of drug-likeness (QED) is 0.432. The summed E-state index contributed by atoms with van der Waals surface area (Å²) in [4.78, 5) is 23.8. The molecule has 0 heterocycles. The lowest BCUT2D eigenvalue weighted by Crippen LogP contribution is -2.36. The fraction of sp³-hybridized carbons (Fsp3) is 0.444. The molecule has 2 rings (SSSR count). The van der Waals surface area contributed by atoms with Crippen LogP contribution >= 0.6 is 0 Å². The Kier molecular flexibility index (Phi) is 6.79. The highest BCUT2D eigenvalue weighted by molar-refractivity contribution is 5.94. The summed E-state index contributed by atoms with van der Waals surface area (Å²) in [7, 11) is 1.58. The molecule has 1 fully saturated rings. The predicted octanol–water partition coefficient (Wildman–Crippen LogP) is 1.34. The molecule has 128 valence electrons. The van der Waals surface area contributed by atoms with Gasteiger partial charge in [-0.2, -0.15) is 0 Å². The number of carbonyl (C=O) groups excluding carboxylic acids is 2. The van der Waals surface area contributed by atoms with E-state index in [0.717, 1.165) is 24.8 Å². The van der Waals surface area contributed by atoms with Gasteiger partial charge in [-0.3, -0.25) is 14.8 Å². The zero-order valence-corrected chi connectivity index (χ0v) is 13.7. The molecule has 2 amide bonds. The Morgan fingerprint density at radius 1 is 1.29 bits per heavy atom. The van der Waals surface area contributed by atoms with Gasteiger partial charge in [-0.05, 0) is 43.0 Å². The molecule has 1 aromatic rings. The largest absolute Gasteiger partial charge is 0.372 e. The van der Waals surface area contributed by atoms with Crippen LogP contribution in [0.3, 0.4) is 0 Å². The Balaban J connectivity index is 1.88. The molecule has 0 saturated heterocycles. The molecule has 1 saturated carbocycles. The van der Waals surface area contributed by atoms with Crippen LogP contribution < -0.4 is 10.8 Å². The molecule has 2 atom stereocenters. The van der Waals surface area contributed by atoms with E-state index in [1.807, 2.05) is 0 Å². The van der Waals surface area contributed by atoms with Gasteiger partial charge >= 0.3 is 0 Å². The Morgan fingerprint density at radius 2 is 2.04 bits per heavy atom. The van der Waals surface area contributed by atoms with Gasteiger partial charge in [0.2, 0.25) is 5.91 Å². The molecule has 0 aromatic heterocycles. The van der Waals surface area contributed by atoms with Crippen molar-refractivity contribution >= 4 is 11.8 Å². The average Bonchev–Trinajstić information content (AvgIpc) is 3.08. The first-order valence-corrected chi connectivity index (χ1v) is 7.95. The number of rotatable bonds is 5. The van der Waals surface area contributed by atoms with Crippen LogP contribution in [0.15, 0.2) is 24.3 Å². The standard InChI is InChI=1S/C18H22N2O4/c1-24-11-3-4-13-7-9-14(10-8-13)17(21)19-12-15-5-2-6-16(15)18(22)20-23/h7-10,15-16,23H,2,5-6,11-12H2,1H3,(H,19,21)(H,20,22)/t15-,16+/m0/s1. The molecular formula is C18H22N2O4. The van der Waals surface area contributed by atoms with Crippen LogP contribution in [0.2, 0.25) is 0 Å². The third kappa shape index (κ3) is 4.82. The van der Waals surface area contributed by atoms with Crippen LogP contribution in [0.4, 0.5) is 0 Å². The maximum absolute atomic E-state index is 12.2. The minimum Gasteiger partial charge on any atom is -0.372 e. The van der Waals surface area contributed by atoms with Crippen LogP contribution in [-0.4, -0.2) is 37.3 Å². The van der Waals surface area contributed by atoms with E-state index in [9.17, 15) is 9.59 Å². The molecule has 0 bridgehead atoms.